The van der Waals surface area contributed by atoms with Crippen molar-refractivity contribution < 1.29 is 14.3 Å². The topological polar surface area (TPSA) is 79.5 Å². The minimum Gasteiger partial charge on any atom is -0.449 e. The molecule has 25 heavy (non-hydrogen) atoms. The quantitative estimate of drug-likeness (QED) is 0.581. The summed E-state index contributed by atoms with van der Waals surface area (Å²) in [5, 5.41) is 3.46. The third-order valence-electron chi connectivity index (χ3n) is 3.11. The number of ether oxygens (including phenoxy) is 1. The molecular formula is C17H25Cl2N3O3. The van der Waals surface area contributed by atoms with E-state index in [9.17, 15) is 9.59 Å². The fraction of sp³-hybridized carbons (Fsp3) is 0.529. The van der Waals surface area contributed by atoms with Gasteiger partial charge in [0.15, 0.2) is 0 Å². The van der Waals surface area contributed by atoms with Gasteiger partial charge >= 0.3 is 6.09 Å². The van der Waals surface area contributed by atoms with Crippen LogP contribution in [0.25, 0.3) is 0 Å². The number of benzene rings is 1. The molecule has 140 valence electrons. The molecule has 0 fully saturated rings. The fourth-order valence-electron chi connectivity index (χ4n) is 1.94. The van der Waals surface area contributed by atoms with Gasteiger partial charge in [0.05, 0.1) is 17.3 Å². The molecule has 0 bridgehead atoms. The van der Waals surface area contributed by atoms with Crippen molar-refractivity contribution in [3.05, 3.63) is 28.2 Å². The lowest BCUT2D eigenvalue weighted by molar-refractivity contribution is -0.122. The summed E-state index contributed by atoms with van der Waals surface area (Å²) >= 11 is 11.9. The Kier molecular flexibility index (Phi) is 8.86. The first-order valence-electron chi connectivity index (χ1n) is 8.13. The number of hydrogen-bond acceptors (Lipinski definition) is 4. The normalized spacial score (nSPS) is 12.0. The molecule has 1 aromatic carbocycles. The number of hydrogen-bond donors (Lipinski definition) is 3. The Morgan fingerprint density at radius 3 is 2.36 bits per heavy atom. The van der Waals surface area contributed by atoms with Crippen LogP contribution in [0.2, 0.25) is 10.0 Å². The van der Waals surface area contributed by atoms with Crippen LogP contribution in [-0.2, 0) is 9.53 Å². The fourth-order valence-corrected chi connectivity index (χ4v) is 2.39. The summed E-state index contributed by atoms with van der Waals surface area (Å²) in [6, 6.07) is 4.13. The van der Waals surface area contributed by atoms with E-state index in [1.54, 1.807) is 18.2 Å². The zero-order valence-corrected chi connectivity index (χ0v) is 16.4. The van der Waals surface area contributed by atoms with Crippen LogP contribution in [0.5, 0.6) is 0 Å². The summed E-state index contributed by atoms with van der Waals surface area (Å²) in [6.07, 6.45) is -0.141. The molecule has 2 amide bonds. The van der Waals surface area contributed by atoms with Crippen molar-refractivity contribution in [2.45, 2.75) is 40.2 Å². The Bertz CT molecular complexity index is 595. The summed E-state index contributed by atoms with van der Waals surface area (Å²) in [7, 11) is 0. The highest BCUT2D eigenvalue weighted by Crippen LogP contribution is 2.24. The van der Waals surface area contributed by atoms with Crippen molar-refractivity contribution in [2.24, 2.45) is 11.8 Å². The average Bonchev–Trinajstić information content (AvgIpc) is 2.50. The minimum atomic E-state index is -0.724. The molecule has 3 N–H and O–H groups in total. The Morgan fingerprint density at radius 2 is 1.80 bits per heavy atom. The first-order chi connectivity index (χ1) is 11.7. The van der Waals surface area contributed by atoms with Crippen molar-refractivity contribution >= 4 is 40.9 Å². The van der Waals surface area contributed by atoms with Crippen LogP contribution in [0.15, 0.2) is 18.2 Å². The van der Waals surface area contributed by atoms with Gasteiger partial charge in [0.2, 0.25) is 0 Å². The number of nitrogens with one attached hydrogen (secondary N) is 3. The Balaban J connectivity index is 2.64. The maximum absolute atomic E-state index is 12.4. The second-order valence-electron chi connectivity index (χ2n) is 6.56. The largest absolute Gasteiger partial charge is 0.449 e. The lowest BCUT2D eigenvalue weighted by Crippen LogP contribution is -2.49. The predicted octanol–water partition coefficient (Wildman–Crippen LogP) is 4.23. The van der Waals surface area contributed by atoms with Gasteiger partial charge in [0, 0.05) is 5.02 Å². The molecule has 0 radical (unpaired) electrons. The Hall–Kier alpha value is -1.66. The molecule has 0 aromatic heterocycles. The molecule has 1 unspecified atom stereocenters. The third-order valence-corrected chi connectivity index (χ3v) is 3.66. The zero-order valence-electron chi connectivity index (χ0n) is 14.9. The van der Waals surface area contributed by atoms with Gasteiger partial charge in [-0.25, -0.2) is 4.79 Å². The van der Waals surface area contributed by atoms with E-state index in [0.717, 1.165) is 0 Å². The lowest BCUT2D eigenvalue weighted by atomic mass is 10.0. The van der Waals surface area contributed by atoms with Crippen molar-refractivity contribution in [3.8, 4) is 0 Å². The number of anilines is 1. The molecular weight excluding hydrogens is 365 g/mol. The first-order valence-corrected chi connectivity index (χ1v) is 8.88. The number of rotatable bonds is 8. The van der Waals surface area contributed by atoms with E-state index in [2.05, 4.69) is 16.2 Å². The van der Waals surface area contributed by atoms with E-state index in [4.69, 9.17) is 27.9 Å². The minimum absolute atomic E-state index is 0.209. The second kappa shape index (κ2) is 10.4. The molecule has 0 heterocycles. The number of alkyl carbamates (subject to hydrolysis) is 1. The maximum atomic E-state index is 12.4. The van der Waals surface area contributed by atoms with E-state index >= 15 is 0 Å². The van der Waals surface area contributed by atoms with Gasteiger partial charge in [0.25, 0.3) is 5.91 Å². The van der Waals surface area contributed by atoms with Gasteiger partial charge in [-0.05, 0) is 36.5 Å². The predicted molar refractivity (Wildman–Crippen MR) is 101 cm³/mol. The van der Waals surface area contributed by atoms with E-state index in [1.165, 1.54) is 0 Å². The van der Waals surface area contributed by atoms with Gasteiger partial charge < -0.3 is 10.1 Å². The van der Waals surface area contributed by atoms with Crippen molar-refractivity contribution in [1.29, 1.82) is 0 Å². The lowest BCUT2D eigenvalue weighted by Gasteiger charge is -2.21. The molecule has 0 saturated heterocycles. The highest BCUT2D eigenvalue weighted by atomic mass is 35.5. The molecule has 0 spiro atoms. The van der Waals surface area contributed by atoms with Crippen LogP contribution in [0.4, 0.5) is 10.5 Å². The Labute approximate surface area is 158 Å². The molecule has 1 atom stereocenters. The first kappa shape index (κ1) is 21.4. The van der Waals surface area contributed by atoms with Crippen LogP contribution in [0.3, 0.4) is 0 Å². The van der Waals surface area contributed by atoms with Crippen LogP contribution < -0.4 is 16.2 Å². The Morgan fingerprint density at radius 1 is 1.12 bits per heavy atom. The van der Waals surface area contributed by atoms with E-state index in [0.29, 0.717) is 28.8 Å². The van der Waals surface area contributed by atoms with Gasteiger partial charge in [-0.15, -0.1) is 0 Å². The molecule has 1 aromatic rings. The maximum Gasteiger partial charge on any atom is 0.407 e. The van der Waals surface area contributed by atoms with Gasteiger partial charge in [-0.1, -0.05) is 50.9 Å². The number of amides is 2. The van der Waals surface area contributed by atoms with Gasteiger partial charge in [0.1, 0.15) is 6.04 Å². The van der Waals surface area contributed by atoms with Crippen LogP contribution in [-0.4, -0.2) is 24.6 Å². The monoisotopic (exact) mass is 389 g/mol. The molecule has 8 heteroatoms. The highest BCUT2D eigenvalue weighted by Gasteiger charge is 2.23. The molecule has 0 aliphatic carbocycles. The number of hydrazine groups is 1. The second-order valence-corrected chi connectivity index (χ2v) is 7.40. The van der Waals surface area contributed by atoms with E-state index in [-0.39, 0.29) is 17.7 Å². The number of carbonyl (C=O) groups is 2. The summed E-state index contributed by atoms with van der Waals surface area (Å²) in [5.74, 6) is 0.0401. The van der Waals surface area contributed by atoms with Crippen molar-refractivity contribution in [1.82, 2.24) is 10.7 Å². The molecule has 0 aliphatic rings. The number of halogens is 2. The summed E-state index contributed by atoms with van der Waals surface area (Å²) in [4.78, 5) is 24.2. The van der Waals surface area contributed by atoms with Crippen LogP contribution in [0, 0.1) is 11.8 Å². The summed E-state index contributed by atoms with van der Waals surface area (Å²) in [5.41, 5.74) is 5.79. The van der Waals surface area contributed by atoms with Gasteiger partial charge in [-0.2, -0.15) is 0 Å². The molecule has 0 aliphatic heterocycles. The standard InChI is InChI=1S/C17H25Cl2N3O3/c1-10(2)7-15(20-17(24)25-9-11(3)4)16(23)22-21-14-6-5-12(18)8-13(14)19/h5-6,8,10-11,15,21H,7,9H2,1-4H3,(H,20,24)(H,22,23). The van der Waals surface area contributed by atoms with Crippen molar-refractivity contribution in [3.63, 3.8) is 0 Å². The van der Waals surface area contributed by atoms with E-state index < -0.39 is 12.1 Å². The third kappa shape index (κ3) is 8.31. The van der Waals surface area contributed by atoms with E-state index in [1.807, 2.05) is 27.7 Å². The van der Waals surface area contributed by atoms with Crippen LogP contribution in [0.1, 0.15) is 34.1 Å². The van der Waals surface area contributed by atoms with Gasteiger partial charge in [-0.3, -0.25) is 15.6 Å². The van der Waals surface area contributed by atoms with Crippen LogP contribution >= 0.6 is 23.2 Å². The molecule has 0 saturated carbocycles. The average molecular weight is 390 g/mol. The molecule has 6 nitrogen and oxygen atoms in total. The number of carbonyl (C=O) groups excluding carboxylic acids is 2. The SMILES string of the molecule is CC(C)COC(=O)NC(CC(C)C)C(=O)NNc1ccc(Cl)cc1Cl. The highest BCUT2D eigenvalue weighted by molar-refractivity contribution is 6.36. The zero-order chi connectivity index (χ0) is 19.0. The van der Waals surface area contributed by atoms with Crippen molar-refractivity contribution in [2.75, 3.05) is 12.0 Å². The summed E-state index contributed by atoms with van der Waals surface area (Å²) < 4.78 is 5.07. The smallest absolute Gasteiger partial charge is 0.407 e. The molecule has 1 rings (SSSR count). The summed E-state index contributed by atoms with van der Waals surface area (Å²) in [6.45, 7) is 8.09.